The molecular formula is C17H21N3O2S. The number of fused-ring (bicyclic) bond motifs is 1. The second-order valence-electron chi connectivity index (χ2n) is 5.69. The van der Waals surface area contributed by atoms with Gasteiger partial charge in [0.1, 0.15) is 0 Å². The van der Waals surface area contributed by atoms with Crippen molar-refractivity contribution in [3.05, 3.63) is 34.3 Å². The van der Waals surface area contributed by atoms with Crippen molar-refractivity contribution >= 4 is 22.7 Å². The average Bonchev–Trinajstić information content (AvgIpc) is 2.96. The van der Waals surface area contributed by atoms with Crippen molar-refractivity contribution in [2.45, 2.75) is 26.2 Å². The van der Waals surface area contributed by atoms with Crippen molar-refractivity contribution < 1.29 is 9.47 Å². The van der Waals surface area contributed by atoms with Crippen LogP contribution >= 0.6 is 11.3 Å². The van der Waals surface area contributed by atoms with E-state index in [2.05, 4.69) is 22.4 Å². The minimum absolute atomic E-state index is 0.674. The monoisotopic (exact) mass is 331 g/mol. The molecule has 1 atom stereocenters. The van der Waals surface area contributed by atoms with E-state index >= 15 is 0 Å². The zero-order valence-electron chi connectivity index (χ0n) is 13.6. The summed E-state index contributed by atoms with van der Waals surface area (Å²) in [7, 11) is 3.25. The molecule has 0 fully saturated rings. The number of nitrogens with one attached hydrogen (secondary N) is 1. The molecule has 1 aromatic heterocycles. The Labute approximate surface area is 140 Å². The second-order valence-corrected chi connectivity index (χ2v) is 6.77. The van der Waals surface area contributed by atoms with Crippen molar-refractivity contribution in [2.75, 3.05) is 19.6 Å². The molecule has 0 bridgehead atoms. The first kappa shape index (κ1) is 15.8. The molecule has 6 heteroatoms. The van der Waals surface area contributed by atoms with Crippen LogP contribution in [-0.4, -0.2) is 25.4 Å². The third kappa shape index (κ3) is 3.47. The average molecular weight is 331 g/mol. The lowest BCUT2D eigenvalue weighted by atomic mass is 9.93. The molecule has 1 aliphatic rings. The van der Waals surface area contributed by atoms with E-state index < -0.39 is 0 Å². The molecule has 2 aromatic rings. The lowest BCUT2D eigenvalue weighted by Crippen LogP contribution is -2.09. The molecule has 122 valence electrons. The number of ether oxygens (including phenoxy) is 2. The molecule has 0 aliphatic heterocycles. The number of hydrogen-bond acceptors (Lipinski definition) is 6. The minimum Gasteiger partial charge on any atom is -0.493 e. The highest BCUT2D eigenvalue weighted by Gasteiger charge is 2.19. The molecule has 0 amide bonds. The van der Waals surface area contributed by atoms with E-state index in [9.17, 15) is 0 Å². The van der Waals surface area contributed by atoms with Crippen LogP contribution in [0.2, 0.25) is 0 Å². The summed E-state index contributed by atoms with van der Waals surface area (Å²) in [6, 6.07) is 5.70. The quantitative estimate of drug-likeness (QED) is 0.670. The lowest BCUT2D eigenvalue weighted by Gasteiger charge is -2.15. The highest BCUT2D eigenvalue weighted by atomic mass is 32.1. The minimum atomic E-state index is 0.674. The van der Waals surface area contributed by atoms with Gasteiger partial charge in [-0.05, 0) is 37.3 Å². The van der Waals surface area contributed by atoms with Gasteiger partial charge in [0, 0.05) is 10.4 Å². The smallest absolute Gasteiger partial charge is 0.203 e. The number of nitrogens with zero attached hydrogens (tertiary/aromatic N) is 2. The number of aryl methyl sites for hydroxylation is 1. The number of rotatable bonds is 5. The van der Waals surface area contributed by atoms with Gasteiger partial charge in [-0.2, -0.15) is 5.10 Å². The summed E-state index contributed by atoms with van der Waals surface area (Å²) in [4.78, 5) is 6.02. The maximum Gasteiger partial charge on any atom is 0.203 e. The molecule has 0 saturated carbocycles. The van der Waals surface area contributed by atoms with Crippen LogP contribution in [0.4, 0.5) is 5.13 Å². The van der Waals surface area contributed by atoms with Crippen LogP contribution in [0.1, 0.15) is 29.5 Å². The maximum atomic E-state index is 5.39. The van der Waals surface area contributed by atoms with Crippen LogP contribution < -0.4 is 14.9 Å². The molecule has 1 aromatic carbocycles. The topological polar surface area (TPSA) is 55.7 Å². The number of hydrazone groups is 1. The van der Waals surface area contributed by atoms with E-state index in [1.54, 1.807) is 31.8 Å². The Bertz CT molecular complexity index is 712. The molecule has 1 heterocycles. The van der Waals surface area contributed by atoms with Crippen molar-refractivity contribution in [1.82, 2.24) is 4.98 Å². The first-order valence-corrected chi connectivity index (χ1v) is 8.51. The molecule has 1 N–H and O–H groups in total. The predicted octanol–water partition coefficient (Wildman–Crippen LogP) is 3.73. The molecule has 1 aliphatic carbocycles. The van der Waals surface area contributed by atoms with Crippen LogP contribution in [0.15, 0.2) is 23.3 Å². The standard InChI is InChI=1S/C17H21N3O2S/c1-11-7-8-13-15(9-11)23-17(19-13)20-18-10-12-5-4-6-14(21-2)16(12)22-3/h4-6,10-11H,7-9H2,1-3H3,(H,19,20)/b18-10-. The summed E-state index contributed by atoms with van der Waals surface area (Å²) in [6.07, 6.45) is 5.15. The molecule has 3 rings (SSSR count). The Kier molecular flexibility index (Phi) is 4.81. The van der Waals surface area contributed by atoms with E-state index in [-0.39, 0.29) is 0 Å². The Balaban J connectivity index is 1.72. The van der Waals surface area contributed by atoms with Crippen LogP contribution in [0, 0.1) is 5.92 Å². The first-order valence-electron chi connectivity index (χ1n) is 7.70. The second kappa shape index (κ2) is 7.00. The molecule has 1 unspecified atom stereocenters. The molecular weight excluding hydrogens is 310 g/mol. The molecule has 23 heavy (non-hydrogen) atoms. The van der Waals surface area contributed by atoms with Gasteiger partial charge in [-0.1, -0.05) is 13.0 Å². The van der Waals surface area contributed by atoms with Gasteiger partial charge in [0.2, 0.25) is 5.13 Å². The summed E-state index contributed by atoms with van der Waals surface area (Å²) in [5.41, 5.74) is 5.12. The van der Waals surface area contributed by atoms with Crippen LogP contribution in [-0.2, 0) is 12.8 Å². The number of benzene rings is 1. The Morgan fingerprint density at radius 1 is 1.35 bits per heavy atom. The van der Waals surface area contributed by atoms with Gasteiger partial charge in [0.15, 0.2) is 11.5 Å². The summed E-state index contributed by atoms with van der Waals surface area (Å²) in [5, 5.41) is 5.14. The van der Waals surface area contributed by atoms with Crippen molar-refractivity contribution in [3.8, 4) is 11.5 Å². The largest absolute Gasteiger partial charge is 0.493 e. The highest BCUT2D eigenvalue weighted by Crippen LogP contribution is 2.32. The highest BCUT2D eigenvalue weighted by molar-refractivity contribution is 7.15. The van der Waals surface area contributed by atoms with Gasteiger partial charge in [-0.3, -0.25) is 5.43 Å². The summed E-state index contributed by atoms with van der Waals surface area (Å²) < 4.78 is 10.7. The SMILES string of the molecule is COc1cccc(/C=N\Nc2nc3c(s2)CC(C)CC3)c1OC. The van der Waals surface area contributed by atoms with E-state index in [0.29, 0.717) is 11.5 Å². The third-order valence-corrected chi connectivity index (χ3v) is 5.01. The zero-order valence-corrected chi connectivity index (χ0v) is 14.4. The first-order chi connectivity index (χ1) is 11.2. The third-order valence-electron chi connectivity index (χ3n) is 3.98. The Morgan fingerprint density at radius 2 is 2.22 bits per heavy atom. The predicted molar refractivity (Wildman–Crippen MR) is 94.1 cm³/mol. The summed E-state index contributed by atoms with van der Waals surface area (Å²) >= 11 is 1.70. The van der Waals surface area contributed by atoms with E-state index in [1.807, 2.05) is 18.2 Å². The summed E-state index contributed by atoms with van der Waals surface area (Å²) in [5.74, 6) is 2.11. The van der Waals surface area contributed by atoms with E-state index in [1.165, 1.54) is 17.0 Å². The fourth-order valence-electron chi connectivity index (χ4n) is 2.76. The fourth-order valence-corrected chi connectivity index (χ4v) is 3.88. The van der Waals surface area contributed by atoms with Gasteiger partial charge in [-0.15, -0.1) is 11.3 Å². The number of hydrogen-bond donors (Lipinski definition) is 1. The summed E-state index contributed by atoms with van der Waals surface area (Å²) in [6.45, 7) is 2.29. The van der Waals surface area contributed by atoms with Crippen molar-refractivity contribution in [3.63, 3.8) is 0 Å². The fraction of sp³-hybridized carbons (Fsp3) is 0.412. The van der Waals surface area contributed by atoms with Crippen LogP contribution in [0.25, 0.3) is 0 Å². The number of thiazole rings is 1. The molecule has 0 saturated heterocycles. The van der Waals surface area contributed by atoms with E-state index in [4.69, 9.17) is 9.47 Å². The van der Waals surface area contributed by atoms with Crippen LogP contribution in [0.3, 0.4) is 0 Å². The van der Waals surface area contributed by atoms with Gasteiger partial charge < -0.3 is 9.47 Å². The van der Waals surface area contributed by atoms with Crippen molar-refractivity contribution in [1.29, 1.82) is 0 Å². The number of methoxy groups -OCH3 is 2. The molecule has 0 spiro atoms. The molecule has 5 nitrogen and oxygen atoms in total. The van der Waals surface area contributed by atoms with Crippen LogP contribution in [0.5, 0.6) is 11.5 Å². The van der Waals surface area contributed by atoms with Gasteiger partial charge in [0.25, 0.3) is 0 Å². The van der Waals surface area contributed by atoms with Gasteiger partial charge >= 0.3 is 0 Å². The molecule has 0 radical (unpaired) electrons. The zero-order chi connectivity index (χ0) is 16.2. The van der Waals surface area contributed by atoms with Gasteiger partial charge in [0.05, 0.1) is 26.1 Å². The Hall–Kier alpha value is -2.08. The van der Waals surface area contributed by atoms with Crippen molar-refractivity contribution in [2.24, 2.45) is 11.0 Å². The van der Waals surface area contributed by atoms with E-state index in [0.717, 1.165) is 29.5 Å². The van der Waals surface area contributed by atoms with Gasteiger partial charge in [-0.25, -0.2) is 4.98 Å². The Morgan fingerprint density at radius 3 is 3.00 bits per heavy atom. The normalized spacial score (nSPS) is 17.1. The maximum absolute atomic E-state index is 5.39. The number of para-hydroxylation sites is 1. The lowest BCUT2D eigenvalue weighted by molar-refractivity contribution is 0.354. The number of anilines is 1. The number of aromatic nitrogens is 1.